The van der Waals surface area contributed by atoms with Crippen LogP contribution in [0.2, 0.25) is 10.0 Å². The molecule has 116 valence electrons. The van der Waals surface area contributed by atoms with Gasteiger partial charge in [-0.2, -0.15) is 0 Å². The molecule has 1 fully saturated rings. The van der Waals surface area contributed by atoms with Gasteiger partial charge in [0.1, 0.15) is 0 Å². The van der Waals surface area contributed by atoms with Gasteiger partial charge < -0.3 is 10.1 Å². The van der Waals surface area contributed by atoms with E-state index in [-0.39, 0.29) is 32.7 Å². The van der Waals surface area contributed by atoms with Crippen LogP contribution in [0.5, 0.6) is 0 Å². The number of primary sulfonamides is 1. The Balaban J connectivity index is 2.34. The van der Waals surface area contributed by atoms with Crippen LogP contribution in [0.1, 0.15) is 23.7 Å². The molecule has 2 unspecified atom stereocenters. The van der Waals surface area contributed by atoms with E-state index in [2.05, 4.69) is 5.32 Å². The molecule has 0 aromatic heterocycles. The fourth-order valence-electron chi connectivity index (χ4n) is 2.06. The van der Waals surface area contributed by atoms with Gasteiger partial charge in [0, 0.05) is 6.61 Å². The van der Waals surface area contributed by atoms with Crippen molar-refractivity contribution in [3.05, 3.63) is 27.7 Å². The third kappa shape index (κ3) is 3.67. The number of sulfonamides is 1. The molecule has 2 rings (SSSR count). The number of ether oxygens (including phenoxy) is 1. The standard InChI is InChI=1S/C12H14Cl2N2O4S/c1-6-10(2-3-20-6)16-12(17)8-4-7(21(15,18)19)5-9(13)11(8)14/h4-6,10H,2-3H2,1H3,(H,16,17)(H2,15,18,19). The Morgan fingerprint density at radius 1 is 1.43 bits per heavy atom. The van der Waals surface area contributed by atoms with Crippen molar-refractivity contribution in [3.63, 3.8) is 0 Å². The van der Waals surface area contributed by atoms with Crippen molar-refractivity contribution in [3.8, 4) is 0 Å². The van der Waals surface area contributed by atoms with Crippen molar-refractivity contribution in [2.24, 2.45) is 5.14 Å². The van der Waals surface area contributed by atoms with Gasteiger partial charge in [0.15, 0.2) is 0 Å². The maximum absolute atomic E-state index is 12.3. The minimum Gasteiger partial charge on any atom is -0.376 e. The lowest BCUT2D eigenvalue weighted by molar-refractivity contribution is 0.0866. The zero-order valence-corrected chi connectivity index (χ0v) is 13.4. The molecule has 6 nitrogen and oxygen atoms in total. The van der Waals surface area contributed by atoms with Crippen LogP contribution in [0.4, 0.5) is 0 Å². The first kappa shape index (κ1) is 16.5. The fourth-order valence-corrected chi connectivity index (χ4v) is 3.10. The van der Waals surface area contributed by atoms with Crippen molar-refractivity contribution in [1.82, 2.24) is 5.32 Å². The van der Waals surface area contributed by atoms with Crippen LogP contribution in [0.3, 0.4) is 0 Å². The lowest BCUT2D eigenvalue weighted by Crippen LogP contribution is -2.39. The number of hydrogen-bond donors (Lipinski definition) is 2. The van der Waals surface area contributed by atoms with Gasteiger partial charge in [-0.1, -0.05) is 23.2 Å². The van der Waals surface area contributed by atoms with E-state index >= 15 is 0 Å². The summed E-state index contributed by atoms with van der Waals surface area (Å²) in [6.07, 6.45) is 0.553. The Hall–Kier alpha value is -0.860. The minimum absolute atomic E-state index is 0.0202. The number of nitrogens with two attached hydrogens (primary N) is 1. The smallest absolute Gasteiger partial charge is 0.253 e. The van der Waals surface area contributed by atoms with Gasteiger partial charge in [0.2, 0.25) is 10.0 Å². The summed E-state index contributed by atoms with van der Waals surface area (Å²) in [6.45, 7) is 2.39. The fraction of sp³-hybridized carbons (Fsp3) is 0.417. The molecule has 0 radical (unpaired) electrons. The molecule has 0 bridgehead atoms. The van der Waals surface area contributed by atoms with Gasteiger partial charge >= 0.3 is 0 Å². The van der Waals surface area contributed by atoms with Crippen LogP contribution in [0.15, 0.2) is 17.0 Å². The van der Waals surface area contributed by atoms with E-state index in [0.717, 1.165) is 12.1 Å². The average Bonchev–Trinajstić information content (AvgIpc) is 2.76. The Bertz CT molecular complexity index is 678. The van der Waals surface area contributed by atoms with Crippen LogP contribution < -0.4 is 10.5 Å². The Morgan fingerprint density at radius 3 is 2.62 bits per heavy atom. The van der Waals surface area contributed by atoms with Gasteiger partial charge in [-0.05, 0) is 25.5 Å². The minimum atomic E-state index is -3.98. The first-order valence-corrected chi connectivity index (χ1v) is 8.44. The van der Waals surface area contributed by atoms with Crippen LogP contribution in [-0.2, 0) is 14.8 Å². The Morgan fingerprint density at radius 2 is 2.10 bits per heavy atom. The number of benzene rings is 1. The molecule has 0 saturated carbocycles. The zero-order valence-electron chi connectivity index (χ0n) is 11.1. The molecule has 1 heterocycles. The summed E-state index contributed by atoms with van der Waals surface area (Å²) in [5.74, 6) is -0.519. The largest absolute Gasteiger partial charge is 0.376 e. The summed E-state index contributed by atoms with van der Waals surface area (Å²) in [5, 5.41) is 7.73. The highest BCUT2D eigenvalue weighted by Gasteiger charge is 2.27. The maximum atomic E-state index is 12.3. The van der Waals surface area contributed by atoms with Crippen LogP contribution in [-0.4, -0.2) is 33.1 Å². The van der Waals surface area contributed by atoms with Gasteiger partial charge in [-0.3, -0.25) is 4.79 Å². The number of rotatable bonds is 3. The number of carbonyl (C=O) groups is 1. The van der Waals surface area contributed by atoms with E-state index < -0.39 is 15.9 Å². The molecular weight excluding hydrogens is 339 g/mol. The first-order valence-electron chi connectivity index (χ1n) is 6.14. The summed E-state index contributed by atoms with van der Waals surface area (Å²) < 4.78 is 28.1. The molecule has 21 heavy (non-hydrogen) atoms. The highest BCUT2D eigenvalue weighted by Crippen LogP contribution is 2.29. The zero-order chi connectivity index (χ0) is 15.8. The van der Waals surface area contributed by atoms with Crippen LogP contribution in [0, 0.1) is 0 Å². The van der Waals surface area contributed by atoms with Crippen molar-refractivity contribution in [1.29, 1.82) is 0 Å². The quantitative estimate of drug-likeness (QED) is 0.861. The topological polar surface area (TPSA) is 98.5 Å². The van der Waals surface area contributed by atoms with Crippen molar-refractivity contribution < 1.29 is 17.9 Å². The summed E-state index contributed by atoms with van der Waals surface area (Å²) >= 11 is 11.8. The van der Waals surface area contributed by atoms with Gasteiger partial charge in [0.25, 0.3) is 5.91 Å². The maximum Gasteiger partial charge on any atom is 0.253 e. The van der Waals surface area contributed by atoms with Crippen molar-refractivity contribution in [2.45, 2.75) is 30.4 Å². The van der Waals surface area contributed by atoms with E-state index in [1.54, 1.807) is 0 Å². The predicted molar refractivity (Wildman–Crippen MR) is 79.1 cm³/mol. The molecule has 1 amide bonds. The second kappa shape index (κ2) is 6.10. The number of nitrogens with one attached hydrogen (secondary N) is 1. The van der Waals surface area contributed by atoms with Gasteiger partial charge in [-0.15, -0.1) is 0 Å². The predicted octanol–water partition coefficient (Wildman–Crippen LogP) is 1.55. The van der Waals surface area contributed by atoms with Crippen molar-refractivity contribution >= 4 is 39.1 Å². The summed E-state index contributed by atoms with van der Waals surface area (Å²) in [5.41, 5.74) is -0.0349. The van der Waals surface area contributed by atoms with E-state index in [9.17, 15) is 13.2 Å². The van der Waals surface area contributed by atoms with E-state index in [4.69, 9.17) is 33.1 Å². The van der Waals surface area contributed by atoms with E-state index in [1.807, 2.05) is 6.92 Å². The summed E-state index contributed by atoms with van der Waals surface area (Å²) in [6, 6.07) is 2.06. The Labute approximate surface area is 132 Å². The van der Waals surface area contributed by atoms with Crippen molar-refractivity contribution in [2.75, 3.05) is 6.61 Å². The van der Waals surface area contributed by atoms with Crippen LogP contribution >= 0.6 is 23.2 Å². The molecule has 0 spiro atoms. The van der Waals surface area contributed by atoms with Crippen LogP contribution in [0.25, 0.3) is 0 Å². The molecule has 1 aliphatic rings. The SMILES string of the molecule is CC1OCCC1NC(=O)c1cc(S(N)(=O)=O)cc(Cl)c1Cl. The van der Waals surface area contributed by atoms with E-state index in [1.165, 1.54) is 0 Å². The molecule has 0 aliphatic carbocycles. The lowest BCUT2D eigenvalue weighted by atomic mass is 10.1. The highest BCUT2D eigenvalue weighted by atomic mass is 35.5. The average molecular weight is 353 g/mol. The molecule has 1 aliphatic heterocycles. The molecule has 2 atom stereocenters. The third-order valence-electron chi connectivity index (χ3n) is 3.27. The molecule has 3 N–H and O–H groups in total. The van der Waals surface area contributed by atoms with Gasteiger partial charge in [-0.25, -0.2) is 13.6 Å². The highest BCUT2D eigenvalue weighted by molar-refractivity contribution is 7.89. The van der Waals surface area contributed by atoms with Gasteiger partial charge in [0.05, 0.1) is 32.7 Å². The molecule has 1 saturated heterocycles. The second-order valence-electron chi connectivity index (χ2n) is 4.76. The molecule has 1 aromatic carbocycles. The number of halogens is 2. The Kier molecular flexibility index (Phi) is 4.79. The monoisotopic (exact) mass is 352 g/mol. The summed E-state index contributed by atoms with van der Waals surface area (Å²) in [4.78, 5) is 12.0. The molecule has 1 aromatic rings. The number of hydrogen-bond acceptors (Lipinski definition) is 4. The van der Waals surface area contributed by atoms with E-state index in [0.29, 0.717) is 13.0 Å². The first-order chi connectivity index (χ1) is 9.70. The third-order valence-corrected chi connectivity index (χ3v) is 4.96. The second-order valence-corrected chi connectivity index (χ2v) is 7.10. The summed E-state index contributed by atoms with van der Waals surface area (Å²) in [7, 11) is -3.98. The molecular formula is C12H14Cl2N2O4S. The number of carbonyl (C=O) groups excluding carboxylic acids is 1. The number of amides is 1. The normalized spacial score (nSPS) is 22.3. The molecule has 9 heteroatoms. The lowest BCUT2D eigenvalue weighted by Gasteiger charge is -2.17.